The van der Waals surface area contributed by atoms with Gasteiger partial charge >= 0.3 is 0 Å². The quantitative estimate of drug-likeness (QED) is 0.765. The molecule has 1 aromatic rings. The fraction of sp³-hybridized carbons (Fsp3) is 0.643. The van der Waals surface area contributed by atoms with Crippen molar-refractivity contribution in [2.24, 2.45) is 0 Å². The molecule has 2 heterocycles. The molecule has 0 radical (unpaired) electrons. The van der Waals surface area contributed by atoms with Crippen molar-refractivity contribution in [1.82, 2.24) is 14.8 Å². The van der Waals surface area contributed by atoms with E-state index < -0.39 is 0 Å². The number of rotatable bonds is 5. The first-order valence-corrected chi connectivity index (χ1v) is 7.10. The molecule has 0 saturated carbocycles. The van der Waals surface area contributed by atoms with E-state index in [2.05, 4.69) is 34.8 Å². The molecule has 100 valence electrons. The molecule has 4 heteroatoms. The fourth-order valence-corrected chi connectivity index (χ4v) is 2.95. The van der Waals surface area contributed by atoms with Crippen LogP contribution in [0, 0.1) is 0 Å². The van der Waals surface area contributed by atoms with Gasteiger partial charge in [0.05, 0.1) is 0 Å². The first-order valence-electron chi connectivity index (χ1n) is 6.72. The lowest BCUT2D eigenvalue weighted by atomic mass is 10.2. The zero-order valence-corrected chi connectivity index (χ0v) is 12.0. The number of halogens is 1. The SMILES string of the molecule is CCN1CCCC1CN(C)Cc1cccnc1Cl. The summed E-state index contributed by atoms with van der Waals surface area (Å²) in [7, 11) is 2.16. The van der Waals surface area contributed by atoms with Gasteiger partial charge in [-0.2, -0.15) is 0 Å². The molecule has 1 atom stereocenters. The van der Waals surface area contributed by atoms with E-state index in [1.165, 1.54) is 19.4 Å². The van der Waals surface area contributed by atoms with Gasteiger partial charge in [-0.1, -0.05) is 24.6 Å². The van der Waals surface area contributed by atoms with Crippen LogP contribution >= 0.6 is 11.6 Å². The normalized spacial score (nSPS) is 20.8. The van der Waals surface area contributed by atoms with Crippen molar-refractivity contribution < 1.29 is 0 Å². The summed E-state index contributed by atoms with van der Waals surface area (Å²) in [5.74, 6) is 0. The number of likely N-dealkylation sites (tertiary alicyclic amines) is 1. The number of hydrogen-bond acceptors (Lipinski definition) is 3. The van der Waals surface area contributed by atoms with Gasteiger partial charge in [0.15, 0.2) is 0 Å². The van der Waals surface area contributed by atoms with Crippen LogP contribution in [0.5, 0.6) is 0 Å². The monoisotopic (exact) mass is 267 g/mol. The Morgan fingerprint density at radius 2 is 2.39 bits per heavy atom. The second kappa shape index (κ2) is 6.50. The maximum absolute atomic E-state index is 6.09. The number of hydrogen-bond donors (Lipinski definition) is 0. The highest BCUT2D eigenvalue weighted by Gasteiger charge is 2.24. The minimum absolute atomic E-state index is 0.628. The minimum Gasteiger partial charge on any atom is -0.300 e. The average Bonchev–Trinajstić information content (AvgIpc) is 2.79. The highest BCUT2D eigenvalue weighted by molar-refractivity contribution is 6.30. The molecule has 0 amide bonds. The van der Waals surface area contributed by atoms with Crippen LogP contribution in [0.2, 0.25) is 5.15 Å². The molecular formula is C14H22ClN3. The Bertz CT molecular complexity index is 383. The molecule has 0 bridgehead atoms. The summed E-state index contributed by atoms with van der Waals surface area (Å²) in [4.78, 5) is 9.04. The highest BCUT2D eigenvalue weighted by atomic mass is 35.5. The lowest BCUT2D eigenvalue weighted by Crippen LogP contribution is -2.38. The average molecular weight is 268 g/mol. The van der Waals surface area contributed by atoms with Gasteiger partial charge < -0.3 is 4.90 Å². The maximum Gasteiger partial charge on any atom is 0.133 e. The summed E-state index contributed by atoms with van der Waals surface area (Å²) in [5.41, 5.74) is 1.11. The van der Waals surface area contributed by atoms with Crippen LogP contribution in [-0.2, 0) is 6.54 Å². The van der Waals surface area contributed by atoms with E-state index >= 15 is 0 Å². The largest absolute Gasteiger partial charge is 0.300 e. The van der Waals surface area contributed by atoms with E-state index in [0.717, 1.165) is 25.2 Å². The Morgan fingerprint density at radius 3 is 3.11 bits per heavy atom. The predicted octanol–water partition coefficient (Wildman–Crippen LogP) is 2.65. The molecule has 1 unspecified atom stereocenters. The van der Waals surface area contributed by atoms with Gasteiger partial charge in [-0.25, -0.2) is 4.98 Å². The number of nitrogens with zero attached hydrogens (tertiary/aromatic N) is 3. The van der Waals surface area contributed by atoms with Crippen LogP contribution < -0.4 is 0 Å². The summed E-state index contributed by atoms with van der Waals surface area (Å²) in [5, 5.41) is 0.628. The van der Waals surface area contributed by atoms with E-state index in [4.69, 9.17) is 11.6 Å². The number of aromatic nitrogens is 1. The molecule has 1 fully saturated rings. The number of likely N-dealkylation sites (N-methyl/N-ethyl adjacent to an activating group) is 2. The summed E-state index contributed by atoms with van der Waals surface area (Å²) >= 11 is 6.09. The second-order valence-corrected chi connectivity index (χ2v) is 5.43. The van der Waals surface area contributed by atoms with Crippen LogP contribution in [0.4, 0.5) is 0 Å². The molecule has 0 aliphatic carbocycles. The van der Waals surface area contributed by atoms with Gasteiger partial charge in [-0.15, -0.1) is 0 Å². The second-order valence-electron chi connectivity index (χ2n) is 5.07. The summed E-state index contributed by atoms with van der Waals surface area (Å²) in [6.45, 7) is 6.64. The first-order chi connectivity index (χ1) is 8.70. The zero-order chi connectivity index (χ0) is 13.0. The molecule has 0 spiro atoms. The topological polar surface area (TPSA) is 19.4 Å². The Morgan fingerprint density at radius 1 is 1.56 bits per heavy atom. The molecule has 2 rings (SSSR count). The molecule has 1 aromatic heterocycles. The summed E-state index contributed by atoms with van der Waals surface area (Å²) < 4.78 is 0. The zero-order valence-electron chi connectivity index (χ0n) is 11.3. The Labute approximate surface area is 115 Å². The third-order valence-electron chi connectivity index (χ3n) is 3.70. The predicted molar refractivity (Wildman–Crippen MR) is 75.9 cm³/mol. The summed E-state index contributed by atoms with van der Waals surface area (Å²) in [6.07, 6.45) is 4.39. The van der Waals surface area contributed by atoms with Gasteiger partial charge in [0, 0.05) is 30.9 Å². The molecule has 1 saturated heterocycles. The van der Waals surface area contributed by atoms with Crippen molar-refractivity contribution in [1.29, 1.82) is 0 Å². The van der Waals surface area contributed by atoms with Crippen molar-refractivity contribution in [2.75, 3.05) is 26.7 Å². The van der Waals surface area contributed by atoms with Gasteiger partial charge in [0.1, 0.15) is 5.15 Å². The third kappa shape index (κ3) is 3.44. The first kappa shape index (κ1) is 13.8. The number of pyridine rings is 1. The van der Waals surface area contributed by atoms with Crippen molar-refractivity contribution in [3.63, 3.8) is 0 Å². The Kier molecular flexibility index (Phi) is 4.98. The third-order valence-corrected chi connectivity index (χ3v) is 4.04. The molecule has 0 N–H and O–H groups in total. The van der Waals surface area contributed by atoms with Crippen molar-refractivity contribution in [2.45, 2.75) is 32.4 Å². The van der Waals surface area contributed by atoms with Gasteiger partial charge in [-0.05, 0) is 39.0 Å². The molecule has 0 aromatic carbocycles. The van der Waals surface area contributed by atoms with Crippen molar-refractivity contribution >= 4 is 11.6 Å². The van der Waals surface area contributed by atoms with E-state index in [0.29, 0.717) is 11.2 Å². The summed E-state index contributed by atoms with van der Waals surface area (Å²) in [6, 6.07) is 4.71. The van der Waals surface area contributed by atoms with Gasteiger partial charge in [-0.3, -0.25) is 4.90 Å². The fourth-order valence-electron chi connectivity index (χ4n) is 2.77. The standard InChI is InChI=1S/C14H22ClN3/c1-3-18-9-5-7-13(18)11-17(2)10-12-6-4-8-16-14(12)15/h4,6,8,13H,3,5,7,9-11H2,1-2H3. The van der Waals surface area contributed by atoms with Crippen molar-refractivity contribution in [3.05, 3.63) is 29.0 Å². The minimum atomic E-state index is 0.628. The molecule has 18 heavy (non-hydrogen) atoms. The maximum atomic E-state index is 6.09. The highest BCUT2D eigenvalue weighted by Crippen LogP contribution is 2.19. The molecule has 1 aliphatic heterocycles. The van der Waals surface area contributed by atoms with Crippen LogP contribution in [0.15, 0.2) is 18.3 Å². The lowest BCUT2D eigenvalue weighted by molar-refractivity contribution is 0.194. The van der Waals surface area contributed by atoms with E-state index in [1.54, 1.807) is 6.20 Å². The molecule has 3 nitrogen and oxygen atoms in total. The van der Waals surface area contributed by atoms with Crippen LogP contribution in [0.25, 0.3) is 0 Å². The van der Waals surface area contributed by atoms with Gasteiger partial charge in [0.2, 0.25) is 0 Å². The molecular weight excluding hydrogens is 246 g/mol. The lowest BCUT2D eigenvalue weighted by Gasteiger charge is -2.27. The van der Waals surface area contributed by atoms with Crippen molar-refractivity contribution in [3.8, 4) is 0 Å². The Hall–Kier alpha value is -0.640. The molecule has 1 aliphatic rings. The van der Waals surface area contributed by atoms with E-state index in [9.17, 15) is 0 Å². The Balaban J connectivity index is 1.89. The van der Waals surface area contributed by atoms with Crippen LogP contribution in [0.1, 0.15) is 25.3 Å². The van der Waals surface area contributed by atoms with Crippen LogP contribution in [0.3, 0.4) is 0 Å². The smallest absolute Gasteiger partial charge is 0.133 e. The van der Waals surface area contributed by atoms with Crippen LogP contribution in [-0.4, -0.2) is 47.5 Å². The van der Waals surface area contributed by atoms with E-state index in [-0.39, 0.29) is 0 Å². The van der Waals surface area contributed by atoms with Gasteiger partial charge in [0.25, 0.3) is 0 Å². The van der Waals surface area contributed by atoms with E-state index in [1.807, 2.05) is 6.07 Å².